The lowest BCUT2D eigenvalue weighted by molar-refractivity contribution is 0.0958. The fourth-order valence-electron chi connectivity index (χ4n) is 1.92. The lowest BCUT2D eigenvalue weighted by Gasteiger charge is -2.08. The van der Waals surface area contributed by atoms with Crippen molar-refractivity contribution in [3.63, 3.8) is 0 Å². The molecule has 7 heteroatoms. The van der Waals surface area contributed by atoms with Crippen molar-refractivity contribution < 1.29 is 17.6 Å². The van der Waals surface area contributed by atoms with Gasteiger partial charge in [0.15, 0.2) is 0 Å². The number of hydrogen-bond acceptors (Lipinski definition) is 3. The van der Waals surface area contributed by atoms with Crippen LogP contribution in [0.15, 0.2) is 66.1 Å². The molecule has 1 amide bonds. The van der Waals surface area contributed by atoms with Crippen LogP contribution in [0, 0.1) is 5.82 Å². The van der Waals surface area contributed by atoms with E-state index in [2.05, 4.69) is 16.6 Å². The number of hydrogen-bond donors (Lipinski definition) is 2. The summed E-state index contributed by atoms with van der Waals surface area (Å²) in [6.07, 6.45) is 1.55. The molecule has 2 aromatic carbocycles. The number of carbonyl (C=O) groups is 1. The average molecular weight is 348 g/mol. The van der Waals surface area contributed by atoms with Crippen LogP contribution >= 0.6 is 0 Å². The van der Waals surface area contributed by atoms with E-state index in [1.807, 2.05) is 0 Å². The smallest absolute Gasteiger partial charge is 0.251 e. The summed E-state index contributed by atoms with van der Waals surface area (Å²) in [5.74, 6) is -0.690. The highest BCUT2D eigenvalue weighted by Gasteiger charge is 2.14. The predicted octanol–water partition coefficient (Wildman–Crippen LogP) is 2.22. The highest BCUT2D eigenvalue weighted by atomic mass is 32.2. The van der Waals surface area contributed by atoms with Crippen LogP contribution in [0.2, 0.25) is 0 Å². The predicted molar refractivity (Wildman–Crippen MR) is 89.4 cm³/mol. The van der Waals surface area contributed by atoms with Gasteiger partial charge in [-0.15, -0.1) is 6.58 Å². The quantitative estimate of drug-likeness (QED) is 0.754. The van der Waals surface area contributed by atoms with Crippen LogP contribution in [0.5, 0.6) is 0 Å². The molecule has 0 saturated heterocycles. The van der Waals surface area contributed by atoms with Crippen molar-refractivity contribution in [2.75, 3.05) is 6.54 Å². The molecule has 2 rings (SSSR count). The maximum atomic E-state index is 12.8. The van der Waals surface area contributed by atoms with E-state index in [-0.39, 0.29) is 23.2 Å². The molecule has 0 spiro atoms. The molecule has 0 radical (unpaired) electrons. The third-order valence-electron chi connectivity index (χ3n) is 3.21. The van der Waals surface area contributed by atoms with Crippen LogP contribution in [0.25, 0.3) is 0 Å². The third-order valence-corrected chi connectivity index (χ3v) is 4.63. The number of sulfonamides is 1. The van der Waals surface area contributed by atoms with Gasteiger partial charge in [0.25, 0.3) is 5.91 Å². The topological polar surface area (TPSA) is 75.3 Å². The molecule has 0 unspecified atom stereocenters. The molecule has 5 nitrogen and oxygen atoms in total. The highest BCUT2D eigenvalue weighted by Crippen LogP contribution is 2.12. The van der Waals surface area contributed by atoms with Gasteiger partial charge in [-0.1, -0.05) is 18.2 Å². The summed E-state index contributed by atoms with van der Waals surface area (Å²) in [6, 6.07) is 11.1. The molecule has 0 fully saturated rings. The number of benzene rings is 2. The summed E-state index contributed by atoms with van der Waals surface area (Å²) in [5, 5.41) is 2.61. The number of rotatable bonds is 7. The Labute approximate surface area is 140 Å². The molecule has 0 aliphatic heterocycles. The standard InChI is InChI=1S/C17H17FN2O3S/c1-2-11-19-17(21)14-5-9-16(10-6-14)24(22,23)20-12-13-3-7-15(18)8-4-13/h2-10,20H,1,11-12H2,(H,19,21). The molecule has 0 aromatic heterocycles. The minimum absolute atomic E-state index is 0.0458. The van der Waals surface area contributed by atoms with E-state index in [4.69, 9.17) is 0 Å². The van der Waals surface area contributed by atoms with E-state index < -0.39 is 10.0 Å². The zero-order chi connectivity index (χ0) is 17.6. The van der Waals surface area contributed by atoms with Crippen LogP contribution in [0.3, 0.4) is 0 Å². The van der Waals surface area contributed by atoms with Crippen LogP contribution < -0.4 is 10.0 Å². The maximum absolute atomic E-state index is 12.8. The first-order valence-electron chi connectivity index (χ1n) is 7.15. The second-order valence-electron chi connectivity index (χ2n) is 4.97. The van der Waals surface area contributed by atoms with Gasteiger partial charge in [0.2, 0.25) is 10.0 Å². The van der Waals surface area contributed by atoms with Gasteiger partial charge >= 0.3 is 0 Å². The molecule has 0 heterocycles. The Morgan fingerprint density at radius 1 is 1.08 bits per heavy atom. The SMILES string of the molecule is C=CCNC(=O)c1ccc(S(=O)(=O)NCc2ccc(F)cc2)cc1. The summed E-state index contributed by atoms with van der Waals surface area (Å²) < 4.78 is 39.7. The average Bonchev–Trinajstić information content (AvgIpc) is 2.59. The molecule has 2 N–H and O–H groups in total. The molecular weight excluding hydrogens is 331 g/mol. The minimum atomic E-state index is -3.72. The van der Waals surface area contributed by atoms with Gasteiger partial charge in [0.1, 0.15) is 5.82 Å². The van der Waals surface area contributed by atoms with Gasteiger partial charge in [0, 0.05) is 18.7 Å². The summed E-state index contributed by atoms with van der Waals surface area (Å²) >= 11 is 0. The van der Waals surface area contributed by atoms with Crippen LogP contribution in [-0.4, -0.2) is 20.9 Å². The Kier molecular flexibility index (Phi) is 5.83. The third kappa shape index (κ3) is 4.74. The molecule has 24 heavy (non-hydrogen) atoms. The monoisotopic (exact) mass is 348 g/mol. The van der Waals surface area contributed by atoms with Gasteiger partial charge in [-0.25, -0.2) is 17.5 Å². The van der Waals surface area contributed by atoms with Crippen molar-refractivity contribution in [2.24, 2.45) is 0 Å². The number of amides is 1. The van der Waals surface area contributed by atoms with Gasteiger partial charge in [-0.2, -0.15) is 0 Å². The zero-order valence-corrected chi connectivity index (χ0v) is 13.6. The minimum Gasteiger partial charge on any atom is -0.349 e. The Morgan fingerprint density at radius 3 is 2.29 bits per heavy atom. The summed E-state index contributed by atoms with van der Waals surface area (Å²) in [5.41, 5.74) is 0.995. The van der Waals surface area contributed by atoms with Crippen molar-refractivity contribution in [2.45, 2.75) is 11.4 Å². The number of carbonyl (C=O) groups excluding carboxylic acids is 1. The molecule has 0 saturated carbocycles. The highest BCUT2D eigenvalue weighted by molar-refractivity contribution is 7.89. The summed E-state index contributed by atoms with van der Waals surface area (Å²) in [6.45, 7) is 3.88. The van der Waals surface area contributed by atoms with Crippen LogP contribution in [0.1, 0.15) is 15.9 Å². The van der Waals surface area contributed by atoms with E-state index >= 15 is 0 Å². The van der Waals surface area contributed by atoms with Gasteiger partial charge in [0.05, 0.1) is 4.90 Å². The number of nitrogens with one attached hydrogen (secondary N) is 2. The van der Waals surface area contributed by atoms with Gasteiger partial charge in [-0.05, 0) is 42.0 Å². The lowest BCUT2D eigenvalue weighted by Crippen LogP contribution is -2.24. The van der Waals surface area contributed by atoms with E-state index in [1.165, 1.54) is 48.5 Å². The normalized spacial score (nSPS) is 11.0. The molecule has 0 atom stereocenters. The van der Waals surface area contributed by atoms with E-state index in [9.17, 15) is 17.6 Å². The first-order valence-corrected chi connectivity index (χ1v) is 8.64. The molecule has 0 aliphatic carbocycles. The fraction of sp³-hybridized carbons (Fsp3) is 0.118. The summed E-state index contributed by atoms with van der Waals surface area (Å²) in [4.78, 5) is 11.8. The van der Waals surface area contributed by atoms with Crippen molar-refractivity contribution in [1.29, 1.82) is 0 Å². The largest absolute Gasteiger partial charge is 0.349 e. The Bertz CT molecular complexity index is 816. The second-order valence-corrected chi connectivity index (χ2v) is 6.74. The molecule has 0 bridgehead atoms. The zero-order valence-electron chi connectivity index (χ0n) is 12.8. The Hall–Kier alpha value is -2.51. The molecule has 0 aliphatic rings. The van der Waals surface area contributed by atoms with Crippen molar-refractivity contribution >= 4 is 15.9 Å². The molecular formula is C17H17FN2O3S. The first-order chi connectivity index (χ1) is 11.4. The second kappa shape index (κ2) is 7.85. The van der Waals surface area contributed by atoms with Crippen molar-refractivity contribution in [3.8, 4) is 0 Å². The van der Waals surface area contributed by atoms with E-state index in [1.54, 1.807) is 6.08 Å². The Morgan fingerprint density at radius 2 is 1.71 bits per heavy atom. The number of halogens is 1. The molecule has 126 valence electrons. The van der Waals surface area contributed by atoms with Crippen LogP contribution in [0.4, 0.5) is 4.39 Å². The van der Waals surface area contributed by atoms with Crippen molar-refractivity contribution in [3.05, 3.63) is 78.1 Å². The van der Waals surface area contributed by atoms with E-state index in [0.29, 0.717) is 17.7 Å². The first kappa shape index (κ1) is 17.8. The molecule has 2 aromatic rings. The van der Waals surface area contributed by atoms with Crippen molar-refractivity contribution in [1.82, 2.24) is 10.0 Å². The fourth-order valence-corrected chi connectivity index (χ4v) is 2.93. The Balaban J connectivity index is 2.04. The van der Waals surface area contributed by atoms with Gasteiger partial charge in [-0.3, -0.25) is 4.79 Å². The maximum Gasteiger partial charge on any atom is 0.251 e. The van der Waals surface area contributed by atoms with E-state index in [0.717, 1.165) is 0 Å². The van der Waals surface area contributed by atoms with Crippen LogP contribution in [-0.2, 0) is 16.6 Å². The summed E-state index contributed by atoms with van der Waals surface area (Å²) in [7, 11) is -3.72. The lowest BCUT2D eigenvalue weighted by atomic mass is 10.2. The van der Waals surface area contributed by atoms with Gasteiger partial charge < -0.3 is 5.32 Å².